The zero-order valence-electron chi connectivity index (χ0n) is 19.0. The predicted octanol–water partition coefficient (Wildman–Crippen LogP) is 4.01. The van der Waals surface area contributed by atoms with Gasteiger partial charge in [0.15, 0.2) is 5.65 Å². The molecular weight excluding hydrogens is 468 g/mol. The van der Waals surface area contributed by atoms with Crippen LogP contribution in [-0.4, -0.2) is 51.7 Å². The molecule has 0 aromatic carbocycles. The molecule has 10 heteroatoms. The summed E-state index contributed by atoms with van der Waals surface area (Å²) in [6.45, 7) is 5.73. The fraction of sp³-hybridized carbons (Fsp3) is 0.333. The molecule has 0 unspecified atom stereocenters. The van der Waals surface area contributed by atoms with Crippen molar-refractivity contribution in [2.24, 2.45) is 16.1 Å². The number of allylic oxidation sites excluding steroid dienone is 1. The molecule has 0 radical (unpaired) electrons. The van der Waals surface area contributed by atoms with Crippen LogP contribution in [0, 0.1) is 5.41 Å². The lowest BCUT2D eigenvalue weighted by molar-refractivity contribution is 0.204. The highest BCUT2D eigenvalue weighted by Gasteiger charge is 2.46. The number of piperidine rings is 1. The van der Waals surface area contributed by atoms with Crippen LogP contribution in [0.25, 0.3) is 5.65 Å². The molecule has 0 bridgehead atoms. The zero-order chi connectivity index (χ0) is 23.9. The van der Waals surface area contributed by atoms with Gasteiger partial charge in [-0.15, -0.1) is 0 Å². The van der Waals surface area contributed by atoms with E-state index in [1.807, 2.05) is 35.2 Å². The molecule has 3 aromatic heterocycles. The van der Waals surface area contributed by atoms with Crippen LogP contribution >= 0.6 is 23.4 Å². The number of anilines is 2. The fourth-order valence-electron chi connectivity index (χ4n) is 5.12. The molecule has 1 aliphatic heterocycles. The Balaban J connectivity index is 1.38. The van der Waals surface area contributed by atoms with Crippen molar-refractivity contribution in [2.45, 2.75) is 35.1 Å². The van der Waals surface area contributed by atoms with Gasteiger partial charge in [0.25, 0.3) is 0 Å². The number of pyridine rings is 1. The van der Waals surface area contributed by atoms with Gasteiger partial charge in [0.05, 0.1) is 9.92 Å². The summed E-state index contributed by atoms with van der Waals surface area (Å²) in [6, 6.07) is 1.83. The SMILES string of the molecule is C=CC1=C(/C=N\C)CC2(CCN(c3ncc(Sc4ccnc(N)c4Cl)c4nccn34)CC2)[C@@H]1N. The lowest BCUT2D eigenvalue weighted by Gasteiger charge is -2.43. The van der Waals surface area contributed by atoms with Gasteiger partial charge in [-0.1, -0.05) is 36.0 Å². The van der Waals surface area contributed by atoms with Crippen LogP contribution in [0.2, 0.25) is 5.02 Å². The van der Waals surface area contributed by atoms with E-state index in [2.05, 4.69) is 26.4 Å². The standard InChI is InChI=1S/C24H27ClN8S/c1-3-16-15(13-28-2)12-24(20(16)26)5-9-32(10-6-24)23-31-14-18(22-30-8-11-33(22)23)34-17-4-7-29-21(27)19(17)25/h3-4,7-8,11,13-14,20H,1,5-6,9-10,12,26H2,2H3,(H2,27,29)/b28-13-/t20-/m1/s1. The molecule has 5 rings (SSSR count). The van der Waals surface area contributed by atoms with Crippen molar-refractivity contribution in [2.75, 3.05) is 30.8 Å². The Morgan fingerprint density at radius 2 is 2.03 bits per heavy atom. The zero-order valence-corrected chi connectivity index (χ0v) is 20.6. The average molecular weight is 495 g/mol. The van der Waals surface area contributed by atoms with Gasteiger partial charge in [0.1, 0.15) is 5.82 Å². The third kappa shape index (κ3) is 3.77. The molecule has 176 valence electrons. The van der Waals surface area contributed by atoms with E-state index in [4.69, 9.17) is 28.1 Å². The molecular formula is C24H27ClN8S. The Kier molecular flexibility index (Phi) is 6.09. The first-order chi connectivity index (χ1) is 16.5. The second-order valence-corrected chi connectivity index (χ2v) is 10.2. The van der Waals surface area contributed by atoms with E-state index in [0.717, 1.165) is 59.3 Å². The summed E-state index contributed by atoms with van der Waals surface area (Å²) in [5, 5.41) is 0.440. The van der Waals surface area contributed by atoms with E-state index < -0.39 is 0 Å². The molecule has 1 fully saturated rings. The molecule has 1 saturated heterocycles. The lowest BCUT2D eigenvalue weighted by Crippen LogP contribution is -2.48. The van der Waals surface area contributed by atoms with Crippen LogP contribution < -0.4 is 16.4 Å². The van der Waals surface area contributed by atoms with E-state index in [-0.39, 0.29) is 11.5 Å². The minimum atomic E-state index is -0.0160. The lowest BCUT2D eigenvalue weighted by atomic mass is 9.72. The normalized spacial score (nSPS) is 20.2. The Hall–Kier alpha value is -2.88. The Morgan fingerprint density at radius 1 is 1.24 bits per heavy atom. The fourth-order valence-corrected chi connectivity index (χ4v) is 6.26. The maximum atomic E-state index is 6.73. The number of nitrogen functional groups attached to an aromatic ring is 1. The van der Waals surface area contributed by atoms with Crippen LogP contribution in [0.15, 0.2) is 69.4 Å². The van der Waals surface area contributed by atoms with Gasteiger partial charge in [-0.2, -0.15) is 0 Å². The van der Waals surface area contributed by atoms with Crippen LogP contribution in [-0.2, 0) is 0 Å². The van der Waals surface area contributed by atoms with Gasteiger partial charge in [-0.05, 0) is 41.9 Å². The molecule has 1 spiro atoms. The van der Waals surface area contributed by atoms with E-state index >= 15 is 0 Å². The minimum Gasteiger partial charge on any atom is -0.382 e. The Bertz CT molecular complexity index is 1310. The maximum absolute atomic E-state index is 6.73. The number of halogens is 1. The molecule has 4 N–H and O–H groups in total. The quantitative estimate of drug-likeness (QED) is 0.515. The summed E-state index contributed by atoms with van der Waals surface area (Å²) >= 11 is 7.83. The van der Waals surface area contributed by atoms with Crippen molar-refractivity contribution in [3.8, 4) is 0 Å². The number of aliphatic imine (C=N–C) groups is 1. The van der Waals surface area contributed by atoms with Crippen LogP contribution in [0.1, 0.15) is 19.3 Å². The Morgan fingerprint density at radius 3 is 2.76 bits per heavy atom. The van der Waals surface area contributed by atoms with Gasteiger partial charge >= 0.3 is 0 Å². The van der Waals surface area contributed by atoms with Crippen LogP contribution in [0.5, 0.6) is 0 Å². The van der Waals surface area contributed by atoms with Gasteiger partial charge in [-0.3, -0.25) is 9.39 Å². The summed E-state index contributed by atoms with van der Waals surface area (Å²) in [7, 11) is 1.80. The van der Waals surface area contributed by atoms with Gasteiger partial charge in [0.2, 0.25) is 5.95 Å². The van der Waals surface area contributed by atoms with Crippen molar-refractivity contribution in [3.05, 3.63) is 59.7 Å². The van der Waals surface area contributed by atoms with Crippen LogP contribution in [0.3, 0.4) is 0 Å². The number of nitrogens with zero attached hydrogens (tertiary/aromatic N) is 6. The van der Waals surface area contributed by atoms with Crippen molar-refractivity contribution >= 4 is 47.0 Å². The molecule has 34 heavy (non-hydrogen) atoms. The average Bonchev–Trinajstić information content (AvgIpc) is 3.42. The molecule has 4 heterocycles. The number of hydrogen-bond donors (Lipinski definition) is 2. The van der Waals surface area contributed by atoms with Gasteiger partial charge < -0.3 is 16.4 Å². The predicted molar refractivity (Wildman–Crippen MR) is 139 cm³/mol. The monoisotopic (exact) mass is 494 g/mol. The first-order valence-electron chi connectivity index (χ1n) is 11.2. The number of fused-ring (bicyclic) bond motifs is 1. The molecule has 0 amide bonds. The first kappa shape index (κ1) is 22.9. The molecule has 2 aliphatic rings. The topological polar surface area (TPSA) is 111 Å². The smallest absolute Gasteiger partial charge is 0.211 e. The third-order valence-electron chi connectivity index (χ3n) is 6.93. The molecule has 3 aromatic rings. The van der Waals surface area contributed by atoms with Gasteiger partial charge in [0, 0.05) is 62.1 Å². The molecule has 1 aliphatic carbocycles. The number of nitrogens with two attached hydrogens (primary N) is 2. The summed E-state index contributed by atoms with van der Waals surface area (Å²) < 4.78 is 2.04. The summed E-state index contributed by atoms with van der Waals surface area (Å²) in [5.41, 5.74) is 15.8. The molecule has 0 saturated carbocycles. The minimum absolute atomic E-state index is 0.0160. The van der Waals surface area contributed by atoms with Crippen molar-refractivity contribution < 1.29 is 0 Å². The highest BCUT2D eigenvalue weighted by molar-refractivity contribution is 7.99. The molecule has 8 nitrogen and oxygen atoms in total. The van der Waals surface area contributed by atoms with E-state index in [1.165, 1.54) is 17.3 Å². The number of hydrogen-bond acceptors (Lipinski definition) is 8. The number of rotatable bonds is 5. The van der Waals surface area contributed by atoms with Gasteiger partial charge in [-0.25, -0.2) is 15.0 Å². The summed E-state index contributed by atoms with van der Waals surface area (Å²) in [5.74, 6) is 1.19. The van der Waals surface area contributed by atoms with E-state index in [9.17, 15) is 0 Å². The van der Waals surface area contributed by atoms with E-state index in [0.29, 0.717) is 10.8 Å². The third-order valence-corrected chi connectivity index (χ3v) is 8.51. The highest BCUT2D eigenvalue weighted by atomic mass is 35.5. The Labute approximate surface area is 207 Å². The van der Waals surface area contributed by atoms with Crippen molar-refractivity contribution in [3.63, 3.8) is 0 Å². The number of imidazole rings is 1. The first-order valence-corrected chi connectivity index (χ1v) is 12.3. The van der Waals surface area contributed by atoms with E-state index in [1.54, 1.807) is 19.4 Å². The van der Waals surface area contributed by atoms with Crippen molar-refractivity contribution in [1.29, 1.82) is 0 Å². The second-order valence-electron chi connectivity index (χ2n) is 8.73. The number of aromatic nitrogens is 4. The second kappa shape index (κ2) is 9.05. The highest BCUT2D eigenvalue weighted by Crippen LogP contribution is 2.48. The maximum Gasteiger partial charge on any atom is 0.211 e. The largest absolute Gasteiger partial charge is 0.382 e. The molecule has 1 atom stereocenters. The van der Waals surface area contributed by atoms with Crippen LogP contribution in [0.4, 0.5) is 11.8 Å². The van der Waals surface area contributed by atoms with Crippen molar-refractivity contribution in [1.82, 2.24) is 19.4 Å². The summed E-state index contributed by atoms with van der Waals surface area (Å²) in [6.07, 6.45) is 14.0. The summed E-state index contributed by atoms with van der Waals surface area (Å²) in [4.78, 5) is 21.7.